The zero-order valence-corrected chi connectivity index (χ0v) is 27.2. The second-order valence-corrected chi connectivity index (χ2v) is 13.2. The monoisotopic (exact) mass is 651 g/mol. The predicted molar refractivity (Wildman–Crippen MR) is 177 cm³/mol. The number of hydrogen-bond donors (Lipinski definition) is 1. The van der Waals surface area contributed by atoms with E-state index in [1.165, 1.54) is 17.0 Å². The third-order valence-electron chi connectivity index (χ3n) is 7.25. The molecule has 1 atom stereocenters. The van der Waals surface area contributed by atoms with Crippen LogP contribution in [0.2, 0.25) is 10.0 Å². The fourth-order valence-electron chi connectivity index (χ4n) is 4.87. The van der Waals surface area contributed by atoms with Crippen molar-refractivity contribution >= 4 is 50.7 Å². The van der Waals surface area contributed by atoms with E-state index >= 15 is 0 Å². The summed E-state index contributed by atoms with van der Waals surface area (Å²) in [5, 5.41) is 3.60. The van der Waals surface area contributed by atoms with Gasteiger partial charge in [-0.15, -0.1) is 0 Å². The number of anilines is 1. The SMILES string of the molecule is CCNC(=O)[C@@H](Cc1ccccc1)N(Cc1ccc(Cl)cc1Cl)C(=O)CN(c1ccccc1C)S(=O)(=O)c1ccc(C)cc1. The smallest absolute Gasteiger partial charge is 0.264 e. The molecule has 10 heteroatoms. The first-order chi connectivity index (χ1) is 21.0. The number of carbonyl (C=O) groups excluding carboxylic acids is 2. The van der Waals surface area contributed by atoms with Gasteiger partial charge in [-0.1, -0.05) is 95.5 Å². The number of benzene rings is 4. The molecule has 0 aliphatic carbocycles. The van der Waals surface area contributed by atoms with Crippen LogP contribution < -0.4 is 9.62 Å². The Bertz CT molecular complexity index is 1710. The van der Waals surface area contributed by atoms with E-state index in [4.69, 9.17) is 23.2 Å². The lowest BCUT2D eigenvalue weighted by molar-refractivity contribution is -0.140. The number of nitrogens with zero attached hydrogens (tertiary/aromatic N) is 2. The Hall–Kier alpha value is -3.85. The second-order valence-electron chi connectivity index (χ2n) is 10.5. The Morgan fingerprint density at radius 2 is 1.52 bits per heavy atom. The number of likely N-dealkylation sites (N-methyl/N-ethyl adjacent to an activating group) is 1. The number of nitrogens with one attached hydrogen (secondary N) is 1. The average molecular weight is 653 g/mol. The number of aryl methyl sites for hydroxylation is 2. The van der Waals surface area contributed by atoms with E-state index in [1.807, 2.05) is 37.3 Å². The van der Waals surface area contributed by atoms with Crippen LogP contribution in [0.15, 0.2) is 102 Å². The molecular formula is C34H35Cl2N3O4S. The maximum atomic E-state index is 14.5. The largest absolute Gasteiger partial charge is 0.355 e. The van der Waals surface area contributed by atoms with Crippen molar-refractivity contribution in [1.82, 2.24) is 10.2 Å². The lowest BCUT2D eigenvalue weighted by atomic mass is 10.0. The van der Waals surface area contributed by atoms with E-state index in [-0.39, 0.29) is 23.8 Å². The van der Waals surface area contributed by atoms with Gasteiger partial charge in [0.05, 0.1) is 10.6 Å². The van der Waals surface area contributed by atoms with Crippen LogP contribution in [0, 0.1) is 13.8 Å². The van der Waals surface area contributed by atoms with Crippen LogP contribution in [-0.2, 0) is 32.6 Å². The molecule has 0 aromatic heterocycles. The Morgan fingerprint density at radius 1 is 0.864 bits per heavy atom. The van der Waals surface area contributed by atoms with Crippen LogP contribution in [0.1, 0.15) is 29.2 Å². The number of carbonyl (C=O) groups is 2. The van der Waals surface area contributed by atoms with E-state index in [2.05, 4.69) is 5.32 Å². The van der Waals surface area contributed by atoms with Gasteiger partial charge in [0.25, 0.3) is 10.0 Å². The molecule has 0 heterocycles. The van der Waals surface area contributed by atoms with Gasteiger partial charge in [-0.3, -0.25) is 13.9 Å². The minimum atomic E-state index is -4.18. The van der Waals surface area contributed by atoms with Gasteiger partial charge < -0.3 is 10.2 Å². The standard InChI is InChI=1S/C34H35Cl2N3O4S/c1-4-37-34(41)32(20-26-11-6-5-7-12-26)38(22-27-16-17-28(35)21-30(27)36)33(40)23-39(31-13-9-8-10-25(31)3)44(42,43)29-18-14-24(2)15-19-29/h5-19,21,32H,4,20,22-23H2,1-3H3,(H,37,41)/t32-/m1/s1. The highest BCUT2D eigenvalue weighted by molar-refractivity contribution is 7.92. The summed E-state index contributed by atoms with van der Waals surface area (Å²) in [4.78, 5) is 29.5. The van der Waals surface area contributed by atoms with Crippen molar-refractivity contribution in [2.24, 2.45) is 0 Å². The van der Waals surface area contributed by atoms with Crippen molar-refractivity contribution in [3.05, 3.63) is 129 Å². The van der Waals surface area contributed by atoms with E-state index < -0.39 is 28.5 Å². The molecule has 0 saturated heterocycles. The summed E-state index contributed by atoms with van der Waals surface area (Å²) in [7, 11) is -4.18. The van der Waals surface area contributed by atoms with E-state index in [0.29, 0.717) is 33.4 Å². The molecule has 1 N–H and O–H groups in total. The fraction of sp³-hybridized carbons (Fsp3) is 0.235. The number of rotatable bonds is 12. The average Bonchev–Trinajstić information content (AvgIpc) is 3.00. The molecule has 230 valence electrons. The van der Waals surface area contributed by atoms with Gasteiger partial charge in [-0.25, -0.2) is 8.42 Å². The van der Waals surface area contributed by atoms with E-state index in [9.17, 15) is 18.0 Å². The van der Waals surface area contributed by atoms with Gasteiger partial charge in [-0.05, 0) is 67.8 Å². The number of para-hydroxylation sites is 1. The van der Waals surface area contributed by atoms with Gasteiger partial charge in [0.2, 0.25) is 11.8 Å². The van der Waals surface area contributed by atoms with Gasteiger partial charge in [-0.2, -0.15) is 0 Å². The molecule has 4 aromatic rings. The summed E-state index contributed by atoms with van der Waals surface area (Å²) in [5.74, 6) is -0.930. The maximum absolute atomic E-state index is 14.5. The Balaban J connectivity index is 1.82. The highest BCUT2D eigenvalue weighted by atomic mass is 35.5. The van der Waals surface area contributed by atoms with Crippen molar-refractivity contribution < 1.29 is 18.0 Å². The molecule has 0 aliphatic heterocycles. The molecule has 7 nitrogen and oxygen atoms in total. The van der Waals surface area contributed by atoms with Crippen molar-refractivity contribution in [3.8, 4) is 0 Å². The summed E-state index contributed by atoms with van der Waals surface area (Å²) in [6, 6.07) is 26.8. The summed E-state index contributed by atoms with van der Waals surface area (Å²) in [6.07, 6.45) is 0.207. The van der Waals surface area contributed by atoms with Gasteiger partial charge >= 0.3 is 0 Å². The molecule has 4 rings (SSSR count). The minimum absolute atomic E-state index is 0.0460. The van der Waals surface area contributed by atoms with Gasteiger partial charge in [0.1, 0.15) is 12.6 Å². The Labute approximate surface area is 269 Å². The molecule has 0 fully saturated rings. The quantitative estimate of drug-likeness (QED) is 0.187. The summed E-state index contributed by atoms with van der Waals surface area (Å²) < 4.78 is 29.4. The molecule has 4 aromatic carbocycles. The molecule has 0 aliphatic rings. The number of halogens is 2. The van der Waals surface area contributed by atoms with Crippen LogP contribution in [0.4, 0.5) is 5.69 Å². The van der Waals surface area contributed by atoms with Gasteiger partial charge in [0, 0.05) is 29.6 Å². The van der Waals surface area contributed by atoms with Crippen LogP contribution in [0.3, 0.4) is 0 Å². The van der Waals surface area contributed by atoms with Crippen molar-refractivity contribution in [1.29, 1.82) is 0 Å². The molecule has 0 saturated carbocycles. The molecule has 0 bridgehead atoms. The van der Waals surface area contributed by atoms with Crippen molar-refractivity contribution in [2.75, 3.05) is 17.4 Å². The van der Waals surface area contributed by atoms with Gasteiger partial charge in [0.15, 0.2) is 0 Å². The molecule has 0 spiro atoms. The van der Waals surface area contributed by atoms with Crippen LogP contribution in [0.5, 0.6) is 0 Å². The second kappa shape index (κ2) is 14.8. The molecule has 2 amide bonds. The van der Waals surface area contributed by atoms with E-state index in [0.717, 1.165) is 15.4 Å². The Morgan fingerprint density at radius 3 is 2.16 bits per heavy atom. The molecule has 0 unspecified atom stereocenters. The fourth-order valence-corrected chi connectivity index (χ4v) is 6.82. The zero-order chi connectivity index (χ0) is 31.9. The van der Waals surface area contributed by atoms with Crippen molar-refractivity contribution in [2.45, 2.75) is 44.7 Å². The predicted octanol–water partition coefficient (Wildman–Crippen LogP) is 6.58. The molecule has 44 heavy (non-hydrogen) atoms. The normalized spacial score (nSPS) is 11.9. The first kappa shape index (κ1) is 33.1. The highest BCUT2D eigenvalue weighted by Crippen LogP contribution is 2.29. The lowest BCUT2D eigenvalue weighted by Gasteiger charge is -2.34. The van der Waals surface area contributed by atoms with E-state index in [1.54, 1.807) is 68.4 Å². The highest BCUT2D eigenvalue weighted by Gasteiger charge is 2.35. The summed E-state index contributed by atoms with van der Waals surface area (Å²) >= 11 is 12.7. The van der Waals surface area contributed by atoms with Crippen molar-refractivity contribution in [3.63, 3.8) is 0 Å². The lowest BCUT2D eigenvalue weighted by Crippen LogP contribution is -2.53. The first-order valence-electron chi connectivity index (χ1n) is 14.2. The molecular weight excluding hydrogens is 617 g/mol. The van der Waals surface area contributed by atoms with Crippen LogP contribution in [0.25, 0.3) is 0 Å². The Kier molecular flexibility index (Phi) is 11.1. The number of amides is 2. The molecule has 0 radical (unpaired) electrons. The maximum Gasteiger partial charge on any atom is 0.264 e. The van der Waals surface area contributed by atoms with Crippen LogP contribution >= 0.6 is 23.2 Å². The van der Waals surface area contributed by atoms with Crippen LogP contribution in [-0.4, -0.2) is 44.3 Å². The number of sulfonamides is 1. The first-order valence-corrected chi connectivity index (χ1v) is 16.4. The third kappa shape index (κ3) is 8.00. The third-order valence-corrected chi connectivity index (χ3v) is 9.61. The zero-order valence-electron chi connectivity index (χ0n) is 24.8. The summed E-state index contributed by atoms with van der Waals surface area (Å²) in [5.41, 5.74) is 3.35. The minimum Gasteiger partial charge on any atom is -0.355 e. The summed E-state index contributed by atoms with van der Waals surface area (Å²) in [6.45, 7) is 5.22. The number of hydrogen-bond acceptors (Lipinski definition) is 4. The topological polar surface area (TPSA) is 86.8 Å².